The minimum atomic E-state index is 0.0213. The highest BCUT2D eigenvalue weighted by atomic mass is 16.5. The Bertz CT molecular complexity index is 669. The van der Waals surface area contributed by atoms with Crippen LogP contribution in [0.1, 0.15) is 296 Å². The fourth-order valence-electron chi connectivity index (χ4n) is 7.72. The Morgan fingerprint density at radius 3 is 0.827 bits per heavy atom. The van der Waals surface area contributed by atoms with E-state index in [9.17, 15) is 4.79 Å². The lowest BCUT2D eigenvalue weighted by atomic mass is 10.0. The van der Waals surface area contributed by atoms with Crippen LogP contribution in [-0.4, -0.2) is 12.6 Å². The number of unbranched alkanes of at least 4 members (excludes halogenated alkanes) is 40. The molecule has 0 unspecified atom stereocenters. The lowest BCUT2D eigenvalue weighted by molar-refractivity contribution is -0.143. The van der Waals surface area contributed by atoms with Gasteiger partial charge in [-0.3, -0.25) is 4.79 Å². The van der Waals surface area contributed by atoms with Gasteiger partial charge >= 0.3 is 5.97 Å². The lowest BCUT2D eigenvalue weighted by Crippen LogP contribution is -2.05. The Labute approximate surface area is 329 Å². The van der Waals surface area contributed by atoms with Crippen LogP contribution >= 0.6 is 0 Å². The van der Waals surface area contributed by atoms with Gasteiger partial charge < -0.3 is 4.74 Å². The molecule has 0 saturated carbocycles. The molecule has 310 valence electrons. The molecule has 0 N–H and O–H groups in total. The third-order valence-corrected chi connectivity index (χ3v) is 11.4. The number of rotatable bonds is 46. The third kappa shape index (κ3) is 47.2. The van der Waals surface area contributed by atoms with Gasteiger partial charge in [-0.2, -0.15) is 0 Å². The maximum absolute atomic E-state index is 12.0. The van der Waals surface area contributed by atoms with Gasteiger partial charge in [0.1, 0.15) is 0 Å². The largest absolute Gasteiger partial charge is 0.466 e. The van der Waals surface area contributed by atoms with Gasteiger partial charge in [-0.15, -0.1) is 0 Å². The number of carbonyl (C=O) groups excluding carboxylic acids is 1. The van der Waals surface area contributed by atoms with Crippen molar-refractivity contribution < 1.29 is 9.53 Å². The number of carbonyl (C=O) groups is 1. The van der Waals surface area contributed by atoms with Crippen LogP contribution in [0.2, 0.25) is 0 Å². The van der Waals surface area contributed by atoms with E-state index in [1.807, 2.05) is 0 Å². The number of esters is 1. The number of ether oxygens (including phenoxy) is 1. The van der Waals surface area contributed by atoms with Crippen LogP contribution in [0.15, 0.2) is 12.2 Å². The van der Waals surface area contributed by atoms with E-state index in [0.717, 1.165) is 19.3 Å². The molecule has 0 rings (SSSR count). The molecular weight excluding hydrogens is 633 g/mol. The summed E-state index contributed by atoms with van der Waals surface area (Å²) in [6.07, 6.45) is 64.9. The Hall–Kier alpha value is -0.790. The maximum Gasteiger partial charge on any atom is 0.305 e. The van der Waals surface area contributed by atoms with Crippen molar-refractivity contribution in [3.8, 4) is 0 Å². The SMILES string of the molecule is CCCCCCCC/C=C\CCCCCCCC(=O)OCCCCCCCCCCCCCCCCCCCCCCCCCCCCCCCC. The number of allylic oxidation sites excluding steroid dienone is 2. The molecule has 0 saturated heterocycles. The number of hydrogen-bond acceptors (Lipinski definition) is 2. The van der Waals surface area contributed by atoms with Gasteiger partial charge in [0.15, 0.2) is 0 Å². The molecule has 0 spiro atoms. The Morgan fingerprint density at radius 2 is 0.538 bits per heavy atom. The van der Waals surface area contributed by atoms with E-state index in [1.165, 1.54) is 257 Å². The zero-order valence-corrected chi connectivity index (χ0v) is 36.3. The van der Waals surface area contributed by atoms with E-state index in [2.05, 4.69) is 26.0 Å². The van der Waals surface area contributed by atoms with Crippen LogP contribution in [-0.2, 0) is 9.53 Å². The van der Waals surface area contributed by atoms with E-state index >= 15 is 0 Å². The highest BCUT2D eigenvalue weighted by Crippen LogP contribution is 2.17. The van der Waals surface area contributed by atoms with Crippen molar-refractivity contribution in [3.05, 3.63) is 12.2 Å². The minimum absolute atomic E-state index is 0.0213. The van der Waals surface area contributed by atoms with Crippen molar-refractivity contribution >= 4 is 5.97 Å². The second-order valence-electron chi connectivity index (χ2n) is 16.8. The van der Waals surface area contributed by atoms with Crippen molar-refractivity contribution in [2.45, 2.75) is 296 Å². The van der Waals surface area contributed by atoms with Crippen LogP contribution < -0.4 is 0 Å². The highest BCUT2D eigenvalue weighted by molar-refractivity contribution is 5.69. The fourth-order valence-corrected chi connectivity index (χ4v) is 7.72. The second kappa shape index (κ2) is 48.2. The number of hydrogen-bond donors (Lipinski definition) is 0. The molecule has 0 bridgehead atoms. The lowest BCUT2D eigenvalue weighted by Gasteiger charge is -2.06. The van der Waals surface area contributed by atoms with Crippen LogP contribution in [0, 0.1) is 0 Å². The first-order chi connectivity index (χ1) is 25.8. The van der Waals surface area contributed by atoms with Crippen LogP contribution in [0.4, 0.5) is 0 Å². The third-order valence-electron chi connectivity index (χ3n) is 11.4. The molecule has 0 amide bonds. The first kappa shape index (κ1) is 51.2. The summed E-state index contributed by atoms with van der Waals surface area (Å²) < 4.78 is 5.48. The van der Waals surface area contributed by atoms with Crippen molar-refractivity contribution in [3.63, 3.8) is 0 Å². The van der Waals surface area contributed by atoms with E-state index in [0.29, 0.717) is 13.0 Å². The predicted octanol–water partition coefficient (Wildman–Crippen LogP) is 18.3. The van der Waals surface area contributed by atoms with E-state index < -0.39 is 0 Å². The second-order valence-corrected chi connectivity index (χ2v) is 16.8. The Morgan fingerprint density at radius 1 is 0.308 bits per heavy atom. The van der Waals surface area contributed by atoms with Gasteiger partial charge in [0.05, 0.1) is 6.61 Å². The maximum atomic E-state index is 12.0. The van der Waals surface area contributed by atoms with Gasteiger partial charge in [0.2, 0.25) is 0 Å². The normalized spacial score (nSPS) is 11.7. The van der Waals surface area contributed by atoms with Crippen LogP contribution in [0.5, 0.6) is 0 Å². The molecule has 0 aliphatic carbocycles. The molecule has 0 aromatic heterocycles. The molecule has 0 aliphatic heterocycles. The molecule has 0 atom stereocenters. The molecule has 0 aromatic carbocycles. The van der Waals surface area contributed by atoms with Crippen LogP contribution in [0.3, 0.4) is 0 Å². The summed E-state index contributed by atoms with van der Waals surface area (Å²) in [5.41, 5.74) is 0. The molecule has 0 aliphatic rings. The minimum Gasteiger partial charge on any atom is -0.466 e. The molecule has 52 heavy (non-hydrogen) atoms. The highest BCUT2D eigenvalue weighted by Gasteiger charge is 2.03. The van der Waals surface area contributed by atoms with Gasteiger partial charge in [0.25, 0.3) is 0 Å². The average molecular weight is 731 g/mol. The summed E-state index contributed by atoms with van der Waals surface area (Å²) in [4.78, 5) is 12.0. The first-order valence-corrected chi connectivity index (χ1v) is 24.6. The first-order valence-electron chi connectivity index (χ1n) is 24.6. The van der Waals surface area contributed by atoms with Crippen LogP contribution in [0.25, 0.3) is 0 Å². The fraction of sp³-hybridized carbons (Fsp3) is 0.940. The zero-order chi connectivity index (χ0) is 37.5. The van der Waals surface area contributed by atoms with Gasteiger partial charge in [-0.25, -0.2) is 0 Å². The Kier molecular flexibility index (Phi) is 47.5. The topological polar surface area (TPSA) is 26.3 Å². The summed E-state index contributed by atoms with van der Waals surface area (Å²) in [5, 5.41) is 0. The standard InChI is InChI=1S/C50H98O2/c1-3-5-7-9-11-13-15-17-19-20-21-22-23-24-25-26-27-28-29-30-31-32-33-35-37-39-41-43-45-47-49-52-50(51)48-46-44-42-40-38-36-34-18-16-14-12-10-8-6-4-2/h18,34H,3-17,19-33,35-49H2,1-2H3/b34-18-. The summed E-state index contributed by atoms with van der Waals surface area (Å²) in [5.74, 6) is 0.0213. The molecular formula is C50H98O2. The van der Waals surface area contributed by atoms with E-state index in [-0.39, 0.29) is 5.97 Å². The Balaban J connectivity index is 3.15. The zero-order valence-electron chi connectivity index (χ0n) is 36.3. The van der Waals surface area contributed by atoms with E-state index in [4.69, 9.17) is 4.74 Å². The average Bonchev–Trinajstić information content (AvgIpc) is 3.15. The molecule has 0 aromatic rings. The van der Waals surface area contributed by atoms with Gasteiger partial charge in [0, 0.05) is 6.42 Å². The monoisotopic (exact) mass is 731 g/mol. The van der Waals surface area contributed by atoms with E-state index in [1.54, 1.807) is 0 Å². The van der Waals surface area contributed by atoms with Gasteiger partial charge in [-0.1, -0.05) is 264 Å². The van der Waals surface area contributed by atoms with Crippen molar-refractivity contribution in [2.75, 3.05) is 6.61 Å². The molecule has 0 radical (unpaired) electrons. The summed E-state index contributed by atoms with van der Waals surface area (Å²) in [6.45, 7) is 5.22. The summed E-state index contributed by atoms with van der Waals surface area (Å²) in [7, 11) is 0. The quantitative estimate of drug-likeness (QED) is 0.0354. The molecule has 0 heterocycles. The van der Waals surface area contributed by atoms with Crippen molar-refractivity contribution in [2.24, 2.45) is 0 Å². The summed E-state index contributed by atoms with van der Waals surface area (Å²) >= 11 is 0. The predicted molar refractivity (Wildman–Crippen MR) is 235 cm³/mol. The van der Waals surface area contributed by atoms with Gasteiger partial charge in [-0.05, 0) is 38.5 Å². The van der Waals surface area contributed by atoms with Crippen molar-refractivity contribution in [1.29, 1.82) is 0 Å². The van der Waals surface area contributed by atoms with Crippen molar-refractivity contribution in [1.82, 2.24) is 0 Å². The molecule has 2 nitrogen and oxygen atoms in total. The summed E-state index contributed by atoms with van der Waals surface area (Å²) in [6, 6.07) is 0. The molecule has 2 heteroatoms. The smallest absolute Gasteiger partial charge is 0.305 e. The molecule has 0 fully saturated rings.